The van der Waals surface area contributed by atoms with Crippen LogP contribution in [-0.4, -0.2) is 30.1 Å². The first-order valence-electron chi connectivity index (χ1n) is 6.53. The minimum Gasteiger partial charge on any atom is -0.478 e. The van der Waals surface area contributed by atoms with Crippen molar-refractivity contribution in [2.75, 3.05) is 18.4 Å². The summed E-state index contributed by atoms with van der Waals surface area (Å²) in [5, 5.41) is 15.4. The van der Waals surface area contributed by atoms with Crippen molar-refractivity contribution in [2.24, 2.45) is 5.41 Å². The van der Waals surface area contributed by atoms with E-state index >= 15 is 0 Å². The van der Waals surface area contributed by atoms with Gasteiger partial charge in [0.15, 0.2) is 0 Å². The molecule has 6 heteroatoms. The van der Waals surface area contributed by atoms with Gasteiger partial charge in [-0.25, -0.2) is 4.79 Å². The third kappa shape index (κ3) is 2.78. The lowest BCUT2D eigenvalue weighted by Crippen LogP contribution is -2.37. The van der Waals surface area contributed by atoms with E-state index in [2.05, 4.69) is 10.6 Å². The number of anilines is 1. The minimum absolute atomic E-state index is 0.0416. The Balaban J connectivity index is 2.27. The summed E-state index contributed by atoms with van der Waals surface area (Å²) in [5.41, 5.74) is -0.187. The Morgan fingerprint density at radius 1 is 1.50 bits per heavy atom. The molecule has 1 aliphatic rings. The summed E-state index contributed by atoms with van der Waals surface area (Å²) in [4.78, 5) is 23.6. The summed E-state index contributed by atoms with van der Waals surface area (Å²) in [5.74, 6) is -1.25. The summed E-state index contributed by atoms with van der Waals surface area (Å²) in [6.07, 6.45) is 1.45. The number of carboxylic acid groups (broad SMARTS) is 1. The van der Waals surface area contributed by atoms with Crippen molar-refractivity contribution >= 4 is 29.2 Å². The highest BCUT2D eigenvalue weighted by Gasteiger charge is 2.39. The maximum Gasteiger partial charge on any atom is 0.337 e. The van der Waals surface area contributed by atoms with Gasteiger partial charge in [0, 0.05) is 11.6 Å². The molecule has 1 unspecified atom stereocenters. The van der Waals surface area contributed by atoms with Crippen molar-refractivity contribution < 1.29 is 14.7 Å². The fraction of sp³-hybridized carbons (Fsp3) is 0.429. The van der Waals surface area contributed by atoms with Crippen molar-refractivity contribution in [2.45, 2.75) is 19.8 Å². The number of hydrogen-bond acceptors (Lipinski definition) is 3. The second-order valence-electron chi connectivity index (χ2n) is 5.01. The van der Waals surface area contributed by atoms with Crippen LogP contribution in [0.1, 0.15) is 30.1 Å². The first-order valence-corrected chi connectivity index (χ1v) is 6.91. The molecule has 1 heterocycles. The van der Waals surface area contributed by atoms with Crippen LogP contribution in [0.25, 0.3) is 0 Å². The monoisotopic (exact) mass is 296 g/mol. The van der Waals surface area contributed by atoms with E-state index in [4.69, 9.17) is 16.7 Å². The van der Waals surface area contributed by atoms with Crippen LogP contribution in [-0.2, 0) is 4.79 Å². The number of carboxylic acids is 1. The molecule has 20 heavy (non-hydrogen) atoms. The number of carbonyl (C=O) groups is 2. The molecule has 0 aliphatic carbocycles. The van der Waals surface area contributed by atoms with Crippen LogP contribution >= 0.6 is 11.6 Å². The average Bonchev–Trinajstić information content (AvgIpc) is 2.88. The van der Waals surface area contributed by atoms with Gasteiger partial charge in [-0.3, -0.25) is 4.79 Å². The van der Waals surface area contributed by atoms with E-state index < -0.39 is 11.4 Å². The second-order valence-corrected chi connectivity index (χ2v) is 5.45. The zero-order valence-electron chi connectivity index (χ0n) is 11.2. The van der Waals surface area contributed by atoms with E-state index in [1.807, 2.05) is 6.92 Å². The number of amides is 1. The van der Waals surface area contributed by atoms with Gasteiger partial charge in [0.05, 0.1) is 16.7 Å². The highest BCUT2D eigenvalue weighted by atomic mass is 35.5. The van der Waals surface area contributed by atoms with Crippen LogP contribution < -0.4 is 10.6 Å². The molecule has 1 atom stereocenters. The molecule has 0 spiro atoms. The topological polar surface area (TPSA) is 78.4 Å². The summed E-state index contributed by atoms with van der Waals surface area (Å²) in [6, 6.07) is 4.35. The van der Waals surface area contributed by atoms with E-state index in [-0.39, 0.29) is 17.2 Å². The van der Waals surface area contributed by atoms with E-state index in [1.165, 1.54) is 18.2 Å². The van der Waals surface area contributed by atoms with Crippen LogP contribution in [0, 0.1) is 5.41 Å². The Morgan fingerprint density at radius 2 is 2.25 bits per heavy atom. The zero-order valence-corrected chi connectivity index (χ0v) is 12.0. The second kappa shape index (κ2) is 5.81. The molecule has 5 nitrogen and oxygen atoms in total. The Bertz CT molecular complexity index is 539. The lowest BCUT2D eigenvalue weighted by atomic mass is 9.83. The van der Waals surface area contributed by atoms with Gasteiger partial charge in [0.1, 0.15) is 0 Å². The van der Waals surface area contributed by atoms with Crippen molar-refractivity contribution in [3.63, 3.8) is 0 Å². The number of carbonyl (C=O) groups excluding carboxylic acids is 1. The molecule has 0 radical (unpaired) electrons. The molecule has 1 aromatic carbocycles. The van der Waals surface area contributed by atoms with Gasteiger partial charge in [-0.15, -0.1) is 0 Å². The molecule has 0 aromatic heterocycles. The number of halogens is 1. The van der Waals surface area contributed by atoms with Gasteiger partial charge in [0.25, 0.3) is 0 Å². The van der Waals surface area contributed by atoms with Gasteiger partial charge >= 0.3 is 5.97 Å². The third-order valence-corrected chi connectivity index (χ3v) is 4.10. The maximum absolute atomic E-state index is 12.5. The predicted octanol–water partition coefficient (Wildman–Crippen LogP) is 2.37. The first kappa shape index (κ1) is 14.8. The van der Waals surface area contributed by atoms with E-state index in [0.717, 1.165) is 13.0 Å². The first-order chi connectivity index (χ1) is 9.48. The molecule has 1 aliphatic heterocycles. The zero-order chi connectivity index (χ0) is 14.8. The molecule has 2 rings (SSSR count). The lowest BCUT2D eigenvalue weighted by Gasteiger charge is -2.25. The smallest absolute Gasteiger partial charge is 0.337 e. The van der Waals surface area contributed by atoms with Crippen molar-refractivity contribution in [1.29, 1.82) is 0 Å². The Hall–Kier alpha value is -1.59. The number of nitrogens with one attached hydrogen (secondary N) is 2. The van der Waals surface area contributed by atoms with Crippen LogP contribution in [0.3, 0.4) is 0 Å². The molecule has 1 aromatic rings. The molecular weight excluding hydrogens is 280 g/mol. The predicted molar refractivity (Wildman–Crippen MR) is 77.3 cm³/mol. The molecule has 108 valence electrons. The lowest BCUT2D eigenvalue weighted by molar-refractivity contribution is -0.124. The third-order valence-electron chi connectivity index (χ3n) is 3.86. The molecule has 0 saturated carbocycles. The highest BCUT2D eigenvalue weighted by Crippen LogP contribution is 2.32. The molecule has 3 N–H and O–H groups in total. The normalized spacial score (nSPS) is 21.7. The quantitative estimate of drug-likeness (QED) is 0.797. The van der Waals surface area contributed by atoms with Crippen LogP contribution in [0.4, 0.5) is 5.69 Å². The molecule has 1 saturated heterocycles. The van der Waals surface area contributed by atoms with Crippen LogP contribution in [0.5, 0.6) is 0 Å². The largest absolute Gasteiger partial charge is 0.478 e. The standard InChI is InChI=1S/C14H17ClN2O3/c1-2-14(5-6-16-8-14)13(20)17-11-7-9(15)3-4-10(11)12(18)19/h3-4,7,16H,2,5-6,8H2,1H3,(H,17,20)(H,18,19). The van der Waals surface area contributed by atoms with E-state index in [9.17, 15) is 9.59 Å². The van der Waals surface area contributed by atoms with Crippen molar-refractivity contribution in [3.05, 3.63) is 28.8 Å². The van der Waals surface area contributed by atoms with Crippen LogP contribution in [0.15, 0.2) is 18.2 Å². The van der Waals surface area contributed by atoms with E-state index in [0.29, 0.717) is 18.0 Å². The Morgan fingerprint density at radius 3 is 2.80 bits per heavy atom. The summed E-state index contributed by atoms with van der Waals surface area (Å²) < 4.78 is 0. The Labute approximate surface area is 122 Å². The van der Waals surface area contributed by atoms with Crippen molar-refractivity contribution in [1.82, 2.24) is 5.32 Å². The highest BCUT2D eigenvalue weighted by molar-refractivity contribution is 6.31. The number of aromatic carboxylic acids is 1. The average molecular weight is 297 g/mol. The SMILES string of the molecule is CCC1(C(=O)Nc2cc(Cl)ccc2C(=O)O)CCNC1. The van der Waals surface area contributed by atoms with Gasteiger partial charge in [-0.05, 0) is 37.6 Å². The molecule has 1 fully saturated rings. The number of hydrogen-bond donors (Lipinski definition) is 3. The molecule has 1 amide bonds. The van der Waals surface area contributed by atoms with Crippen molar-refractivity contribution in [3.8, 4) is 0 Å². The maximum atomic E-state index is 12.5. The number of rotatable bonds is 4. The molecule has 0 bridgehead atoms. The van der Waals surface area contributed by atoms with Gasteiger partial charge in [-0.2, -0.15) is 0 Å². The van der Waals surface area contributed by atoms with Gasteiger partial charge in [0.2, 0.25) is 5.91 Å². The van der Waals surface area contributed by atoms with Gasteiger partial charge in [-0.1, -0.05) is 18.5 Å². The minimum atomic E-state index is -1.09. The Kier molecular flexibility index (Phi) is 4.30. The molecular formula is C14H17ClN2O3. The summed E-state index contributed by atoms with van der Waals surface area (Å²) in [7, 11) is 0. The summed E-state index contributed by atoms with van der Waals surface area (Å²) in [6.45, 7) is 3.36. The fourth-order valence-electron chi connectivity index (χ4n) is 2.46. The summed E-state index contributed by atoms with van der Waals surface area (Å²) >= 11 is 5.88. The fourth-order valence-corrected chi connectivity index (χ4v) is 2.63. The van der Waals surface area contributed by atoms with Crippen LogP contribution in [0.2, 0.25) is 5.02 Å². The number of benzene rings is 1. The van der Waals surface area contributed by atoms with Gasteiger partial charge < -0.3 is 15.7 Å². The van der Waals surface area contributed by atoms with E-state index in [1.54, 1.807) is 0 Å².